The maximum atomic E-state index is 11.3. The number of thiazole rings is 1. The number of anilines is 1. The van der Waals surface area contributed by atoms with Crippen LogP contribution in [0.3, 0.4) is 0 Å². The predicted octanol–water partition coefficient (Wildman–Crippen LogP) is 2.82. The molecule has 1 rings (SSSR count). The highest BCUT2D eigenvalue weighted by molar-refractivity contribution is 7.15. The average molecular weight is 242 g/mol. The standard InChI is InChI=1S/C11H18N2O2S/c1-5-11(6-2,9(14)15)13-10-12-7(3)8(4)16-10/h5-6H2,1-4H3,(H,12,13)(H,14,15). The van der Waals surface area contributed by atoms with E-state index >= 15 is 0 Å². The monoisotopic (exact) mass is 242 g/mol. The Morgan fingerprint density at radius 2 is 2.00 bits per heavy atom. The van der Waals surface area contributed by atoms with Gasteiger partial charge in [0, 0.05) is 4.88 Å². The van der Waals surface area contributed by atoms with E-state index in [2.05, 4.69) is 10.3 Å². The lowest BCUT2D eigenvalue weighted by Gasteiger charge is -2.27. The number of carboxylic acid groups (broad SMARTS) is 1. The summed E-state index contributed by atoms with van der Waals surface area (Å²) >= 11 is 1.50. The van der Waals surface area contributed by atoms with E-state index in [4.69, 9.17) is 0 Å². The molecular formula is C11H18N2O2S. The topological polar surface area (TPSA) is 62.2 Å². The van der Waals surface area contributed by atoms with Crippen LogP contribution in [0.1, 0.15) is 37.3 Å². The Hall–Kier alpha value is -1.10. The Labute approximate surface area is 99.7 Å². The van der Waals surface area contributed by atoms with Gasteiger partial charge >= 0.3 is 5.97 Å². The van der Waals surface area contributed by atoms with Crippen molar-refractivity contribution in [2.24, 2.45) is 0 Å². The van der Waals surface area contributed by atoms with Gasteiger partial charge in [0.2, 0.25) is 0 Å². The van der Waals surface area contributed by atoms with E-state index in [1.807, 2.05) is 27.7 Å². The molecule has 0 unspecified atom stereocenters. The van der Waals surface area contributed by atoms with E-state index in [1.54, 1.807) is 0 Å². The number of aliphatic carboxylic acids is 1. The maximum Gasteiger partial charge on any atom is 0.329 e. The number of nitrogens with zero attached hydrogens (tertiary/aromatic N) is 1. The highest BCUT2D eigenvalue weighted by Crippen LogP contribution is 2.27. The summed E-state index contributed by atoms with van der Waals surface area (Å²) < 4.78 is 0. The maximum absolute atomic E-state index is 11.3. The van der Waals surface area contributed by atoms with Gasteiger partial charge in [-0.15, -0.1) is 11.3 Å². The molecule has 1 heterocycles. The lowest BCUT2D eigenvalue weighted by Crippen LogP contribution is -2.45. The van der Waals surface area contributed by atoms with Crippen molar-refractivity contribution in [3.63, 3.8) is 0 Å². The van der Waals surface area contributed by atoms with Gasteiger partial charge in [-0.25, -0.2) is 9.78 Å². The highest BCUT2D eigenvalue weighted by Gasteiger charge is 2.35. The van der Waals surface area contributed by atoms with Gasteiger partial charge in [-0.2, -0.15) is 0 Å². The third-order valence-corrected chi connectivity index (χ3v) is 3.98. The van der Waals surface area contributed by atoms with Crippen molar-refractivity contribution < 1.29 is 9.90 Å². The third kappa shape index (κ3) is 2.35. The molecule has 0 saturated carbocycles. The summed E-state index contributed by atoms with van der Waals surface area (Å²) in [6.07, 6.45) is 1.08. The molecule has 0 radical (unpaired) electrons. The van der Waals surface area contributed by atoms with Crippen LogP contribution in [0.2, 0.25) is 0 Å². The SMILES string of the molecule is CCC(CC)(Nc1nc(C)c(C)s1)C(=O)O. The molecule has 1 aromatic rings. The van der Waals surface area contributed by atoms with Crippen LogP contribution in [0.5, 0.6) is 0 Å². The summed E-state index contributed by atoms with van der Waals surface area (Å²) in [4.78, 5) is 16.7. The molecule has 0 bridgehead atoms. The fourth-order valence-corrected chi connectivity index (χ4v) is 2.43. The van der Waals surface area contributed by atoms with Crippen LogP contribution in [0.4, 0.5) is 5.13 Å². The van der Waals surface area contributed by atoms with Crippen molar-refractivity contribution in [1.82, 2.24) is 4.98 Å². The first-order chi connectivity index (χ1) is 7.45. The number of rotatable bonds is 5. The van der Waals surface area contributed by atoms with E-state index in [9.17, 15) is 9.90 Å². The zero-order valence-corrected chi connectivity index (χ0v) is 10.9. The molecule has 4 nitrogen and oxygen atoms in total. The fourth-order valence-electron chi connectivity index (χ4n) is 1.51. The summed E-state index contributed by atoms with van der Waals surface area (Å²) in [6.45, 7) is 7.66. The van der Waals surface area contributed by atoms with Crippen molar-refractivity contribution in [3.8, 4) is 0 Å². The van der Waals surface area contributed by atoms with Crippen LogP contribution < -0.4 is 5.32 Å². The molecule has 0 aromatic carbocycles. The molecule has 0 atom stereocenters. The van der Waals surface area contributed by atoms with E-state index in [0.717, 1.165) is 10.6 Å². The number of nitrogens with one attached hydrogen (secondary N) is 1. The van der Waals surface area contributed by atoms with Crippen LogP contribution in [0, 0.1) is 13.8 Å². The van der Waals surface area contributed by atoms with Crippen LogP contribution in [0.25, 0.3) is 0 Å². The quantitative estimate of drug-likeness (QED) is 0.833. The van der Waals surface area contributed by atoms with Crippen molar-refractivity contribution in [2.75, 3.05) is 5.32 Å². The van der Waals surface area contributed by atoms with Gasteiger partial charge in [0.15, 0.2) is 5.13 Å². The molecule has 0 spiro atoms. The Kier molecular flexibility index (Phi) is 3.91. The third-order valence-electron chi connectivity index (χ3n) is 2.99. The van der Waals surface area contributed by atoms with Gasteiger partial charge in [-0.1, -0.05) is 13.8 Å². The smallest absolute Gasteiger partial charge is 0.329 e. The lowest BCUT2D eigenvalue weighted by molar-refractivity contribution is -0.142. The number of aromatic nitrogens is 1. The van der Waals surface area contributed by atoms with Gasteiger partial charge in [-0.3, -0.25) is 0 Å². The molecule has 0 aliphatic carbocycles. The van der Waals surface area contributed by atoms with Crippen LogP contribution in [-0.4, -0.2) is 21.6 Å². The molecular weight excluding hydrogens is 224 g/mol. The summed E-state index contributed by atoms with van der Waals surface area (Å²) in [7, 11) is 0. The molecule has 2 N–H and O–H groups in total. The second kappa shape index (κ2) is 4.82. The minimum Gasteiger partial charge on any atom is -0.480 e. The lowest BCUT2D eigenvalue weighted by atomic mass is 9.93. The van der Waals surface area contributed by atoms with Gasteiger partial charge in [-0.05, 0) is 26.7 Å². The number of carbonyl (C=O) groups is 1. The molecule has 0 aliphatic heterocycles. The molecule has 5 heteroatoms. The Balaban J connectivity index is 2.96. The van der Waals surface area contributed by atoms with Gasteiger partial charge < -0.3 is 10.4 Å². The molecule has 0 aliphatic rings. The Bertz CT molecular complexity index is 364. The normalized spacial score (nSPS) is 11.5. The van der Waals surface area contributed by atoms with E-state index < -0.39 is 11.5 Å². The van der Waals surface area contributed by atoms with Crippen LogP contribution in [-0.2, 0) is 4.79 Å². The highest BCUT2D eigenvalue weighted by atomic mass is 32.1. The van der Waals surface area contributed by atoms with Crippen LogP contribution >= 0.6 is 11.3 Å². The second-order valence-electron chi connectivity index (χ2n) is 3.88. The molecule has 0 fully saturated rings. The minimum absolute atomic E-state index is 0.538. The predicted molar refractivity (Wildman–Crippen MR) is 66.2 cm³/mol. The number of hydrogen-bond donors (Lipinski definition) is 2. The first-order valence-corrected chi connectivity index (χ1v) is 6.22. The largest absolute Gasteiger partial charge is 0.480 e. The van der Waals surface area contributed by atoms with Gasteiger partial charge in [0.1, 0.15) is 5.54 Å². The zero-order valence-electron chi connectivity index (χ0n) is 10.1. The summed E-state index contributed by atoms with van der Waals surface area (Å²) in [6, 6.07) is 0. The number of aryl methyl sites for hydroxylation is 2. The minimum atomic E-state index is -0.892. The molecule has 16 heavy (non-hydrogen) atoms. The molecule has 0 amide bonds. The molecule has 90 valence electrons. The Morgan fingerprint density at radius 1 is 1.44 bits per heavy atom. The van der Waals surface area contributed by atoms with Crippen molar-refractivity contribution in [3.05, 3.63) is 10.6 Å². The Morgan fingerprint density at radius 3 is 2.31 bits per heavy atom. The first-order valence-electron chi connectivity index (χ1n) is 5.40. The summed E-state index contributed by atoms with van der Waals surface area (Å²) in [5, 5.41) is 13.0. The van der Waals surface area contributed by atoms with Crippen molar-refractivity contribution in [1.29, 1.82) is 0 Å². The van der Waals surface area contributed by atoms with Gasteiger partial charge in [0.05, 0.1) is 5.69 Å². The second-order valence-corrected chi connectivity index (χ2v) is 5.08. The number of carboxylic acids is 1. The average Bonchev–Trinajstić information content (AvgIpc) is 2.54. The molecule has 0 saturated heterocycles. The van der Waals surface area contributed by atoms with E-state index in [1.165, 1.54) is 11.3 Å². The van der Waals surface area contributed by atoms with Crippen molar-refractivity contribution >= 4 is 22.4 Å². The van der Waals surface area contributed by atoms with E-state index in [0.29, 0.717) is 18.0 Å². The molecule has 1 aromatic heterocycles. The summed E-state index contributed by atoms with van der Waals surface area (Å²) in [5.41, 5.74) is 0.0653. The number of hydrogen-bond acceptors (Lipinski definition) is 4. The van der Waals surface area contributed by atoms with E-state index in [-0.39, 0.29) is 0 Å². The van der Waals surface area contributed by atoms with Crippen LogP contribution in [0.15, 0.2) is 0 Å². The summed E-state index contributed by atoms with van der Waals surface area (Å²) in [5.74, 6) is -0.817. The first kappa shape index (κ1) is 13.0. The van der Waals surface area contributed by atoms with Gasteiger partial charge in [0.25, 0.3) is 0 Å². The fraction of sp³-hybridized carbons (Fsp3) is 0.636. The zero-order chi connectivity index (χ0) is 12.3. The van der Waals surface area contributed by atoms with Crippen molar-refractivity contribution in [2.45, 2.75) is 46.1 Å².